The fourth-order valence-corrected chi connectivity index (χ4v) is 2.98. The highest BCUT2D eigenvalue weighted by molar-refractivity contribution is 6.05. The summed E-state index contributed by atoms with van der Waals surface area (Å²) in [6, 6.07) is 7.29. The molecule has 0 aliphatic heterocycles. The molecule has 33 heavy (non-hydrogen) atoms. The number of benzene rings is 2. The molecule has 0 aliphatic rings. The Bertz CT molecular complexity index is 1190. The third-order valence-electron chi connectivity index (χ3n) is 4.67. The lowest BCUT2D eigenvalue weighted by Crippen LogP contribution is -2.21. The second kappa shape index (κ2) is 8.20. The van der Waals surface area contributed by atoms with Crippen LogP contribution in [-0.2, 0) is 17.8 Å². The lowest BCUT2D eigenvalue weighted by Gasteiger charge is -2.16. The van der Waals surface area contributed by atoms with Crippen LogP contribution in [0.25, 0.3) is 5.69 Å². The molecule has 0 radical (unpaired) electrons. The number of carbonyl (C=O) groups is 1. The zero-order chi connectivity index (χ0) is 24.8. The number of nitrogens with one attached hydrogen (secondary N) is 1. The molecule has 0 spiro atoms. The van der Waals surface area contributed by atoms with E-state index in [4.69, 9.17) is 0 Å². The number of anilines is 1. The average molecular weight is 473 g/mol. The number of amides is 1. The lowest BCUT2D eigenvalue weighted by molar-refractivity contribution is -0.143. The van der Waals surface area contributed by atoms with Crippen molar-refractivity contribution < 1.29 is 35.5 Å². The Morgan fingerprint density at radius 2 is 1.58 bits per heavy atom. The van der Waals surface area contributed by atoms with E-state index in [0.717, 1.165) is 10.7 Å². The summed E-state index contributed by atoms with van der Waals surface area (Å²) in [6.07, 6.45) is -10.2. The van der Waals surface area contributed by atoms with E-state index in [9.17, 15) is 35.5 Å². The number of halogens is 7. The fourth-order valence-electron chi connectivity index (χ4n) is 2.98. The number of hydrogen-bond donors (Lipinski definition) is 1. The topological polar surface area (TPSA) is 46.9 Å². The van der Waals surface area contributed by atoms with Crippen molar-refractivity contribution >= 4 is 11.7 Å². The van der Waals surface area contributed by atoms with Crippen molar-refractivity contribution in [2.45, 2.75) is 38.5 Å². The summed E-state index contributed by atoms with van der Waals surface area (Å²) in [5.41, 5.74) is -4.19. The van der Waals surface area contributed by atoms with E-state index in [2.05, 4.69) is 10.4 Å². The lowest BCUT2D eigenvalue weighted by atomic mass is 9.92. The van der Waals surface area contributed by atoms with Gasteiger partial charge in [0.05, 0.1) is 28.1 Å². The summed E-state index contributed by atoms with van der Waals surface area (Å²) in [6.45, 7) is 5.40. The highest BCUT2D eigenvalue weighted by Gasteiger charge is 2.39. The van der Waals surface area contributed by atoms with Crippen LogP contribution in [0.15, 0.2) is 48.5 Å². The summed E-state index contributed by atoms with van der Waals surface area (Å²) < 4.78 is 94.0. The molecule has 3 rings (SSSR count). The molecule has 0 aliphatic carbocycles. The number of aromatic nitrogens is 2. The fraction of sp³-hybridized carbons (Fsp3) is 0.273. The van der Waals surface area contributed by atoms with Crippen molar-refractivity contribution in [2.75, 3.05) is 5.32 Å². The van der Waals surface area contributed by atoms with Gasteiger partial charge >= 0.3 is 12.4 Å². The van der Waals surface area contributed by atoms with Crippen LogP contribution in [-0.4, -0.2) is 15.7 Å². The van der Waals surface area contributed by atoms with Gasteiger partial charge in [-0.25, -0.2) is 9.07 Å². The van der Waals surface area contributed by atoms with Gasteiger partial charge in [0.15, 0.2) is 0 Å². The Morgan fingerprint density at radius 3 is 2.12 bits per heavy atom. The maximum atomic E-state index is 13.7. The molecule has 0 atom stereocenters. The van der Waals surface area contributed by atoms with Crippen LogP contribution in [0.1, 0.15) is 48.0 Å². The summed E-state index contributed by atoms with van der Waals surface area (Å²) >= 11 is 0. The molecular formula is C22H18F7N3O. The normalized spacial score (nSPS) is 12.7. The molecule has 2 aromatic carbocycles. The Balaban J connectivity index is 2.09. The predicted octanol–water partition coefficient (Wildman–Crippen LogP) is 6.60. The molecule has 1 amide bonds. The van der Waals surface area contributed by atoms with E-state index in [0.29, 0.717) is 17.8 Å². The van der Waals surface area contributed by atoms with Gasteiger partial charge in [-0.3, -0.25) is 4.79 Å². The van der Waals surface area contributed by atoms with Gasteiger partial charge in [0.1, 0.15) is 11.6 Å². The van der Waals surface area contributed by atoms with Crippen LogP contribution in [0, 0.1) is 5.82 Å². The van der Waals surface area contributed by atoms with Gasteiger partial charge in [-0.05, 0) is 36.4 Å². The van der Waals surface area contributed by atoms with Crippen LogP contribution in [0.5, 0.6) is 0 Å². The zero-order valence-electron chi connectivity index (χ0n) is 17.6. The van der Waals surface area contributed by atoms with Crippen molar-refractivity contribution in [1.29, 1.82) is 0 Å². The molecule has 0 fully saturated rings. The minimum atomic E-state index is -5.21. The Labute approximate surface area is 184 Å². The standard InChI is InChI=1S/C22H18F7N3O/c1-20(2,3)17-11-18(32(31-17)14-6-4-5-13(23)10-14)30-19(33)15-8-7-12(21(24,25)26)9-16(15)22(27,28)29/h4-11H,1-3H3,(H,30,33). The van der Waals surface area contributed by atoms with E-state index in [1.54, 1.807) is 20.8 Å². The maximum absolute atomic E-state index is 13.7. The molecule has 0 bridgehead atoms. The molecule has 1 N–H and O–H groups in total. The smallest absolute Gasteiger partial charge is 0.306 e. The summed E-state index contributed by atoms with van der Waals surface area (Å²) in [4.78, 5) is 12.7. The van der Waals surface area contributed by atoms with E-state index in [-0.39, 0.29) is 17.6 Å². The minimum absolute atomic E-state index is 0.0800. The number of carbonyl (C=O) groups excluding carboxylic acids is 1. The summed E-state index contributed by atoms with van der Waals surface area (Å²) in [5.74, 6) is -1.99. The monoisotopic (exact) mass is 473 g/mol. The maximum Gasteiger partial charge on any atom is 0.417 e. The van der Waals surface area contributed by atoms with Gasteiger partial charge in [0.2, 0.25) is 0 Å². The van der Waals surface area contributed by atoms with Crippen molar-refractivity contribution in [3.05, 3.63) is 76.7 Å². The van der Waals surface area contributed by atoms with Gasteiger partial charge in [-0.15, -0.1) is 0 Å². The molecule has 11 heteroatoms. The van der Waals surface area contributed by atoms with Crippen LogP contribution in [0.3, 0.4) is 0 Å². The van der Waals surface area contributed by atoms with Crippen molar-refractivity contribution in [2.24, 2.45) is 0 Å². The molecule has 3 aromatic rings. The van der Waals surface area contributed by atoms with E-state index < -0.39 is 46.2 Å². The van der Waals surface area contributed by atoms with Crippen molar-refractivity contribution in [1.82, 2.24) is 9.78 Å². The molecule has 0 unspecified atom stereocenters. The molecule has 176 valence electrons. The highest BCUT2D eigenvalue weighted by Crippen LogP contribution is 2.37. The van der Waals surface area contributed by atoms with Crippen molar-refractivity contribution in [3.63, 3.8) is 0 Å². The number of alkyl halides is 6. The highest BCUT2D eigenvalue weighted by atomic mass is 19.4. The number of hydrogen-bond acceptors (Lipinski definition) is 2. The van der Waals surface area contributed by atoms with E-state index in [1.165, 1.54) is 24.3 Å². The quantitative estimate of drug-likeness (QED) is 0.436. The van der Waals surface area contributed by atoms with Gasteiger partial charge in [-0.2, -0.15) is 31.4 Å². The first-order valence-corrected chi connectivity index (χ1v) is 9.53. The molecule has 4 nitrogen and oxygen atoms in total. The Morgan fingerprint density at radius 1 is 0.909 bits per heavy atom. The molecule has 1 heterocycles. The largest absolute Gasteiger partial charge is 0.417 e. The Kier molecular flexibility index (Phi) is 6.03. The van der Waals surface area contributed by atoms with Gasteiger partial charge in [0.25, 0.3) is 5.91 Å². The molecule has 0 saturated carbocycles. The molecule has 1 aromatic heterocycles. The van der Waals surface area contributed by atoms with Gasteiger partial charge in [0, 0.05) is 11.5 Å². The third-order valence-corrected chi connectivity index (χ3v) is 4.67. The second-order valence-corrected chi connectivity index (χ2v) is 8.27. The zero-order valence-corrected chi connectivity index (χ0v) is 17.6. The Hall–Kier alpha value is -3.37. The first kappa shape index (κ1) is 24.3. The van der Waals surface area contributed by atoms with Crippen LogP contribution in [0.4, 0.5) is 36.6 Å². The average Bonchev–Trinajstić information content (AvgIpc) is 3.10. The number of rotatable bonds is 3. The summed E-state index contributed by atoms with van der Waals surface area (Å²) in [5, 5.41) is 6.59. The first-order valence-electron chi connectivity index (χ1n) is 9.53. The second-order valence-electron chi connectivity index (χ2n) is 8.27. The van der Waals surface area contributed by atoms with Crippen LogP contribution in [0.2, 0.25) is 0 Å². The van der Waals surface area contributed by atoms with E-state index in [1.807, 2.05) is 0 Å². The minimum Gasteiger partial charge on any atom is -0.306 e. The number of nitrogens with zero attached hydrogens (tertiary/aromatic N) is 2. The van der Waals surface area contributed by atoms with Crippen LogP contribution >= 0.6 is 0 Å². The van der Waals surface area contributed by atoms with E-state index >= 15 is 0 Å². The summed E-state index contributed by atoms with van der Waals surface area (Å²) in [7, 11) is 0. The SMILES string of the molecule is CC(C)(C)c1cc(NC(=O)c2ccc(C(F)(F)F)cc2C(F)(F)F)n(-c2cccc(F)c2)n1. The van der Waals surface area contributed by atoms with Gasteiger partial charge < -0.3 is 5.32 Å². The van der Waals surface area contributed by atoms with Gasteiger partial charge in [-0.1, -0.05) is 26.8 Å². The molecule has 0 saturated heterocycles. The third kappa shape index (κ3) is 5.35. The molecular weight excluding hydrogens is 455 g/mol. The predicted molar refractivity (Wildman–Crippen MR) is 107 cm³/mol. The first-order chi connectivity index (χ1) is 15.1. The van der Waals surface area contributed by atoms with Crippen LogP contribution < -0.4 is 5.32 Å². The van der Waals surface area contributed by atoms with Crippen molar-refractivity contribution in [3.8, 4) is 5.69 Å².